The van der Waals surface area contributed by atoms with Crippen molar-refractivity contribution in [2.24, 2.45) is 5.73 Å². The van der Waals surface area contributed by atoms with Crippen molar-refractivity contribution < 1.29 is 14.3 Å². The van der Waals surface area contributed by atoms with Crippen molar-refractivity contribution in [2.75, 3.05) is 0 Å². The molecule has 1 atom stereocenters. The van der Waals surface area contributed by atoms with E-state index in [1.807, 2.05) is 30.3 Å². The number of benzene rings is 2. The second kappa shape index (κ2) is 6.56. The second-order valence-electron chi connectivity index (χ2n) is 4.54. The lowest BCUT2D eigenvalue weighted by Crippen LogP contribution is -2.42. The van der Waals surface area contributed by atoms with Crippen molar-refractivity contribution in [2.45, 2.75) is 13.0 Å². The van der Waals surface area contributed by atoms with Gasteiger partial charge in [-0.3, -0.25) is 9.59 Å². The van der Waals surface area contributed by atoms with Gasteiger partial charge in [0.05, 0.1) is 0 Å². The summed E-state index contributed by atoms with van der Waals surface area (Å²) in [6.45, 7) is 1.53. The smallest absolute Gasteiger partial charge is 0.251 e. The Morgan fingerprint density at radius 1 is 1.00 bits per heavy atom. The maximum atomic E-state index is 11.9. The Balaban J connectivity index is 2.02. The average Bonchev–Trinajstić information content (AvgIpc) is 2.48. The predicted octanol–water partition coefficient (Wildman–Crippen LogP) is 2.08. The van der Waals surface area contributed by atoms with Crippen LogP contribution in [0.4, 0.5) is 0 Å². The van der Waals surface area contributed by atoms with E-state index in [0.29, 0.717) is 11.3 Å². The fraction of sp³-hybridized carbons (Fsp3) is 0.125. The number of nitrogens with one attached hydrogen (secondary N) is 1. The highest BCUT2D eigenvalue weighted by atomic mass is 16.5. The zero-order valence-corrected chi connectivity index (χ0v) is 11.6. The van der Waals surface area contributed by atoms with Crippen LogP contribution < -0.4 is 15.8 Å². The van der Waals surface area contributed by atoms with E-state index >= 15 is 0 Å². The summed E-state index contributed by atoms with van der Waals surface area (Å²) in [5, 5.41) is 2.51. The molecule has 2 aromatic rings. The normalized spacial score (nSPS) is 11.5. The van der Waals surface area contributed by atoms with Gasteiger partial charge in [-0.1, -0.05) is 18.2 Å². The molecule has 0 saturated carbocycles. The molecule has 5 heteroatoms. The first-order chi connectivity index (χ1) is 10.1. The highest BCUT2D eigenvalue weighted by Gasteiger charge is 2.13. The van der Waals surface area contributed by atoms with Gasteiger partial charge in [-0.2, -0.15) is 0 Å². The number of primary amides is 1. The molecule has 0 aliphatic heterocycles. The summed E-state index contributed by atoms with van der Waals surface area (Å²) in [6, 6.07) is 15.3. The van der Waals surface area contributed by atoms with E-state index < -0.39 is 11.9 Å². The number of nitrogens with two attached hydrogens (primary N) is 1. The van der Waals surface area contributed by atoms with E-state index in [-0.39, 0.29) is 5.91 Å². The SMILES string of the molecule is CC(NC(=O)c1ccc(Oc2ccccc2)cc1)C(N)=O. The molecule has 0 aliphatic carbocycles. The Morgan fingerprint density at radius 2 is 1.57 bits per heavy atom. The van der Waals surface area contributed by atoms with Crippen LogP contribution in [-0.4, -0.2) is 17.9 Å². The van der Waals surface area contributed by atoms with Gasteiger partial charge in [0, 0.05) is 5.56 Å². The zero-order valence-electron chi connectivity index (χ0n) is 11.6. The quantitative estimate of drug-likeness (QED) is 0.882. The van der Waals surface area contributed by atoms with Crippen LogP contribution in [0.2, 0.25) is 0 Å². The molecule has 21 heavy (non-hydrogen) atoms. The Kier molecular flexibility index (Phi) is 4.56. The molecule has 2 aromatic carbocycles. The molecule has 2 rings (SSSR count). The lowest BCUT2D eigenvalue weighted by atomic mass is 10.2. The van der Waals surface area contributed by atoms with E-state index in [1.54, 1.807) is 24.3 Å². The molecule has 0 heterocycles. The van der Waals surface area contributed by atoms with Crippen LogP contribution in [0.25, 0.3) is 0 Å². The van der Waals surface area contributed by atoms with E-state index in [9.17, 15) is 9.59 Å². The van der Waals surface area contributed by atoms with Gasteiger partial charge in [-0.05, 0) is 43.3 Å². The highest BCUT2D eigenvalue weighted by Crippen LogP contribution is 2.21. The largest absolute Gasteiger partial charge is 0.457 e. The number of rotatable bonds is 5. The number of carbonyl (C=O) groups is 2. The van der Waals surface area contributed by atoms with Crippen LogP contribution in [0.15, 0.2) is 54.6 Å². The summed E-state index contributed by atoms with van der Waals surface area (Å²) >= 11 is 0. The number of amides is 2. The van der Waals surface area contributed by atoms with Gasteiger partial charge in [0.1, 0.15) is 17.5 Å². The van der Waals surface area contributed by atoms with Gasteiger partial charge in [0.25, 0.3) is 5.91 Å². The summed E-state index contributed by atoms with van der Waals surface area (Å²) in [4.78, 5) is 22.8. The summed E-state index contributed by atoms with van der Waals surface area (Å²) in [7, 11) is 0. The number of hydrogen-bond donors (Lipinski definition) is 2. The Bertz CT molecular complexity index is 624. The summed E-state index contributed by atoms with van der Waals surface area (Å²) in [6.07, 6.45) is 0. The fourth-order valence-corrected chi connectivity index (χ4v) is 1.65. The van der Waals surface area contributed by atoms with Gasteiger partial charge in [-0.15, -0.1) is 0 Å². The Hall–Kier alpha value is -2.82. The van der Waals surface area contributed by atoms with Gasteiger partial charge >= 0.3 is 0 Å². The monoisotopic (exact) mass is 284 g/mol. The average molecular weight is 284 g/mol. The van der Waals surface area contributed by atoms with Gasteiger partial charge in [0.15, 0.2) is 0 Å². The number of hydrogen-bond acceptors (Lipinski definition) is 3. The zero-order chi connectivity index (χ0) is 15.2. The molecule has 108 valence electrons. The third kappa shape index (κ3) is 4.07. The molecular weight excluding hydrogens is 268 g/mol. The number of ether oxygens (including phenoxy) is 1. The summed E-state index contributed by atoms with van der Waals surface area (Å²) in [5.41, 5.74) is 5.53. The topological polar surface area (TPSA) is 81.4 Å². The molecule has 0 spiro atoms. The van der Waals surface area contributed by atoms with E-state index in [2.05, 4.69) is 5.32 Å². The molecule has 0 saturated heterocycles. The van der Waals surface area contributed by atoms with Crippen molar-refractivity contribution in [3.05, 3.63) is 60.2 Å². The Labute approximate surface area is 122 Å². The molecule has 2 amide bonds. The first-order valence-corrected chi connectivity index (χ1v) is 6.49. The first kappa shape index (κ1) is 14.6. The van der Waals surface area contributed by atoms with Crippen molar-refractivity contribution in [3.8, 4) is 11.5 Å². The maximum absolute atomic E-state index is 11.9. The van der Waals surface area contributed by atoms with Crippen molar-refractivity contribution in [3.63, 3.8) is 0 Å². The van der Waals surface area contributed by atoms with Crippen LogP contribution in [0.5, 0.6) is 11.5 Å². The van der Waals surface area contributed by atoms with Crippen molar-refractivity contribution >= 4 is 11.8 Å². The molecular formula is C16H16N2O3. The second-order valence-corrected chi connectivity index (χ2v) is 4.54. The molecule has 3 N–H and O–H groups in total. The third-order valence-electron chi connectivity index (χ3n) is 2.87. The molecule has 5 nitrogen and oxygen atoms in total. The number of para-hydroxylation sites is 1. The summed E-state index contributed by atoms with van der Waals surface area (Å²) < 4.78 is 5.63. The minimum absolute atomic E-state index is 0.354. The van der Waals surface area contributed by atoms with E-state index in [1.165, 1.54) is 6.92 Å². The molecule has 0 fully saturated rings. The van der Waals surface area contributed by atoms with Gasteiger partial charge in [0.2, 0.25) is 5.91 Å². The van der Waals surface area contributed by atoms with Crippen LogP contribution in [-0.2, 0) is 4.79 Å². The maximum Gasteiger partial charge on any atom is 0.251 e. The van der Waals surface area contributed by atoms with Crippen LogP contribution >= 0.6 is 0 Å². The molecule has 0 aliphatic rings. The van der Waals surface area contributed by atoms with Crippen LogP contribution in [0, 0.1) is 0 Å². The number of carbonyl (C=O) groups excluding carboxylic acids is 2. The molecule has 0 radical (unpaired) electrons. The minimum Gasteiger partial charge on any atom is -0.457 e. The minimum atomic E-state index is -0.710. The molecule has 0 aromatic heterocycles. The van der Waals surface area contributed by atoms with Crippen molar-refractivity contribution in [1.29, 1.82) is 0 Å². The molecule has 1 unspecified atom stereocenters. The highest BCUT2D eigenvalue weighted by molar-refractivity contribution is 5.97. The Morgan fingerprint density at radius 3 is 2.14 bits per heavy atom. The lowest BCUT2D eigenvalue weighted by Gasteiger charge is -2.10. The van der Waals surface area contributed by atoms with Gasteiger partial charge in [-0.25, -0.2) is 0 Å². The third-order valence-corrected chi connectivity index (χ3v) is 2.87. The summed E-state index contributed by atoms with van der Waals surface area (Å²) in [5.74, 6) is 0.415. The fourth-order valence-electron chi connectivity index (χ4n) is 1.65. The first-order valence-electron chi connectivity index (χ1n) is 6.49. The standard InChI is InChI=1S/C16H16N2O3/c1-11(15(17)19)18-16(20)12-7-9-14(10-8-12)21-13-5-3-2-4-6-13/h2-11H,1H3,(H2,17,19)(H,18,20). The predicted molar refractivity (Wildman–Crippen MR) is 79.1 cm³/mol. The van der Waals surface area contributed by atoms with Gasteiger partial charge < -0.3 is 15.8 Å². The van der Waals surface area contributed by atoms with E-state index in [4.69, 9.17) is 10.5 Å². The molecule has 0 bridgehead atoms. The lowest BCUT2D eigenvalue weighted by molar-refractivity contribution is -0.119. The van der Waals surface area contributed by atoms with Crippen LogP contribution in [0.3, 0.4) is 0 Å². The van der Waals surface area contributed by atoms with Crippen LogP contribution in [0.1, 0.15) is 17.3 Å². The van der Waals surface area contributed by atoms with Crippen molar-refractivity contribution in [1.82, 2.24) is 5.32 Å². The van der Waals surface area contributed by atoms with E-state index in [0.717, 1.165) is 5.75 Å².